The summed E-state index contributed by atoms with van der Waals surface area (Å²) >= 11 is 1.54. The average molecular weight is 331 g/mol. The van der Waals surface area contributed by atoms with E-state index in [1.54, 1.807) is 11.3 Å². The molecule has 2 N–H and O–H groups in total. The zero-order valence-electron chi connectivity index (χ0n) is 13.6. The minimum atomic E-state index is -0.0525. The molecule has 0 spiro atoms. The molecule has 0 bridgehead atoms. The fraction of sp³-hybridized carbons (Fsp3) is 0.353. The molecule has 1 heterocycles. The highest BCUT2D eigenvalue weighted by atomic mass is 32.1. The number of amides is 2. The van der Waals surface area contributed by atoms with Crippen LogP contribution in [0.5, 0.6) is 0 Å². The largest absolute Gasteiger partial charge is 0.352 e. The smallest absolute Gasteiger partial charge is 0.226 e. The molecule has 0 saturated heterocycles. The summed E-state index contributed by atoms with van der Waals surface area (Å²) in [4.78, 5) is 27.8. The third-order valence-corrected chi connectivity index (χ3v) is 4.07. The molecule has 0 fully saturated rings. The van der Waals surface area contributed by atoms with E-state index in [0.29, 0.717) is 13.0 Å². The maximum absolute atomic E-state index is 11.9. The molecule has 0 unspecified atom stereocenters. The van der Waals surface area contributed by atoms with Gasteiger partial charge in [-0.3, -0.25) is 9.59 Å². The second-order valence-corrected chi connectivity index (χ2v) is 6.71. The third kappa shape index (κ3) is 5.49. The molecule has 0 radical (unpaired) electrons. The molecule has 0 aliphatic rings. The number of anilines is 1. The summed E-state index contributed by atoms with van der Waals surface area (Å²) in [7, 11) is 0. The molecular formula is C17H21N3O2S. The van der Waals surface area contributed by atoms with Crippen molar-refractivity contribution in [3.05, 3.63) is 45.9 Å². The highest BCUT2D eigenvalue weighted by Crippen LogP contribution is 2.11. The average Bonchev–Trinajstić information content (AvgIpc) is 2.91. The number of nitrogens with zero attached hydrogens (tertiary/aromatic N) is 1. The number of hydrogen-bond donors (Lipinski definition) is 2. The predicted molar refractivity (Wildman–Crippen MR) is 92.3 cm³/mol. The Morgan fingerprint density at radius 1 is 1.22 bits per heavy atom. The number of aromatic nitrogens is 1. The van der Waals surface area contributed by atoms with Gasteiger partial charge in [0.25, 0.3) is 0 Å². The lowest BCUT2D eigenvalue weighted by molar-refractivity contribution is -0.120. The fourth-order valence-corrected chi connectivity index (χ4v) is 2.52. The van der Waals surface area contributed by atoms with E-state index in [0.717, 1.165) is 22.0 Å². The van der Waals surface area contributed by atoms with Crippen LogP contribution in [0.4, 0.5) is 5.69 Å². The van der Waals surface area contributed by atoms with E-state index in [1.807, 2.05) is 50.4 Å². The first-order chi connectivity index (χ1) is 10.9. The van der Waals surface area contributed by atoms with Crippen molar-refractivity contribution in [1.82, 2.24) is 10.3 Å². The van der Waals surface area contributed by atoms with E-state index in [-0.39, 0.29) is 17.7 Å². The van der Waals surface area contributed by atoms with Gasteiger partial charge in [0.05, 0.1) is 17.1 Å². The maximum Gasteiger partial charge on any atom is 0.226 e. The molecule has 5 nitrogen and oxygen atoms in total. The van der Waals surface area contributed by atoms with Gasteiger partial charge in [0.2, 0.25) is 11.8 Å². The summed E-state index contributed by atoms with van der Waals surface area (Å²) in [5, 5.41) is 8.58. The van der Waals surface area contributed by atoms with E-state index in [1.165, 1.54) is 0 Å². The number of carbonyl (C=O) groups excluding carboxylic acids is 2. The molecule has 0 aliphatic heterocycles. The Labute approximate surface area is 140 Å². The molecule has 0 saturated carbocycles. The van der Waals surface area contributed by atoms with Crippen LogP contribution in [0.3, 0.4) is 0 Å². The number of nitrogens with one attached hydrogen (secondary N) is 2. The molecule has 6 heteroatoms. The summed E-state index contributed by atoms with van der Waals surface area (Å²) in [6.45, 7) is 6.08. The van der Waals surface area contributed by atoms with Crippen LogP contribution in [-0.2, 0) is 22.6 Å². The number of hydrogen-bond acceptors (Lipinski definition) is 4. The van der Waals surface area contributed by atoms with Gasteiger partial charge < -0.3 is 10.6 Å². The fourth-order valence-electron chi connectivity index (χ4n) is 1.91. The van der Waals surface area contributed by atoms with E-state index in [9.17, 15) is 9.59 Å². The molecule has 122 valence electrons. The van der Waals surface area contributed by atoms with E-state index < -0.39 is 0 Å². The van der Waals surface area contributed by atoms with Crippen LogP contribution in [0.2, 0.25) is 0 Å². The Kier molecular flexibility index (Phi) is 5.87. The van der Waals surface area contributed by atoms with E-state index in [2.05, 4.69) is 15.6 Å². The van der Waals surface area contributed by atoms with Crippen molar-refractivity contribution in [2.45, 2.75) is 33.7 Å². The van der Waals surface area contributed by atoms with Crippen molar-refractivity contribution in [2.24, 2.45) is 5.92 Å². The minimum Gasteiger partial charge on any atom is -0.352 e. The van der Waals surface area contributed by atoms with Gasteiger partial charge in [-0.05, 0) is 24.6 Å². The Balaban J connectivity index is 1.81. The predicted octanol–water partition coefficient (Wildman–Crippen LogP) is 2.90. The van der Waals surface area contributed by atoms with Crippen molar-refractivity contribution in [3.8, 4) is 0 Å². The van der Waals surface area contributed by atoms with Gasteiger partial charge in [0, 0.05) is 23.5 Å². The molecule has 2 rings (SSSR count). The Morgan fingerprint density at radius 2 is 1.91 bits per heavy atom. The molecule has 1 aromatic carbocycles. The zero-order valence-corrected chi connectivity index (χ0v) is 14.4. The van der Waals surface area contributed by atoms with Gasteiger partial charge in [0.1, 0.15) is 0 Å². The van der Waals surface area contributed by atoms with Gasteiger partial charge >= 0.3 is 0 Å². The summed E-state index contributed by atoms with van der Waals surface area (Å²) < 4.78 is 0. The Hall–Kier alpha value is -2.21. The highest BCUT2D eigenvalue weighted by Gasteiger charge is 2.08. The summed E-state index contributed by atoms with van der Waals surface area (Å²) in [6, 6.07) is 7.46. The first kappa shape index (κ1) is 17.1. The number of rotatable bonds is 6. The van der Waals surface area contributed by atoms with Gasteiger partial charge in [-0.2, -0.15) is 0 Å². The third-order valence-electron chi connectivity index (χ3n) is 3.24. The lowest BCUT2D eigenvalue weighted by Gasteiger charge is -2.09. The number of thiazole rings is 1. The molecule has 23 heavy (non-hydrogen) atoms. The SMILES string of the molecule is Cc1nc(CC(=O)NCc2ccc(NC(=O)C(C)C)cc2)cs1. The zero-order chi connectivity index (χ0) is 16.8. The molecular weight excluding hydrogens is 310 g/mol. The number of carbonyl (C=O) groups is 2. The highest BCUT2D eigenvalue weighted by molar-refractivity contribution is 7.09. The van der Waals surface area contributed by atoms with E-state index in [4.69, 9.17) is 0 Å². The van der Waals surface area contributed by atoms with Crippen LogP contribution in [-0.4, -0.2) is 16.8 Å². The Morgan fingerprint density at radius 3 is 2.48 bits per heavy atom. The van der Waals surface area contributed by atoms with Crippen molar-refractivity contribution < 1.29 is 9.59 Å². The van der Waals surface area contributed by atoms with Gasteiger partial charge in [-0.15, -0.1) is 11.3 Å². The van der Waals surface area contributed by atoms with Crippen LogP contribution in [0.25, 0.3) is 0 Å². The van der Waals surface area contributed by atoms with Crippen LogP contribution in [0, 0.1) is 12.8 Å². The monoisotopic (exact) mass is 331 g/mol. The van der Waals surface area contributed by atoms with Crippen LogP contribution in [0.1, 0.15) is 30.1 Å². The summed E-state index contributed by atoms with van der Waals surface area (Å²) in [5.41, 5.74) is 2.55. The molecule has 2 aromatic rings. The van der Waals surface area contributed by atoms with Gasteiger partial charge in [0.15, 0.2) is 0 Å². The number of benzene rings is 1. The van der Waals surface area contributed by atoms with Crippen LogP contribution in [0.15, 0.2) is 29.6 Å². The van der Waals surface area contributed by atoms with E-state index >= 15 is 0 Å². The van der Waals surface area contributed by atoms with Crippen molar-refractivity contribution in [2.75, 3.05) is 5.32 Å². The van der Waals surface area contributed by atoms with Gasteiger partial charge in [-0.1, -0.05) is 26.0 Å². The second kappa shape index (κ2) is 7.87. The van der Waals surface area contributed by atoms with Crippen molar-refractivity contribution in [1.29, 1.82) is 0 Å². The second-order valence-electron chi connectivity index (χ2n) is 5.65. The quantitative estimate of drug-likeness (QED) is 0.855. The Bertz CT molecular complexity index is 677. The van der Waals surface area contributed by atoms with Gasteiger partial charge in [-0.25, -0.2) is 4.98 Å². The number of aryl methyl sites for hydroxylation is 1. The lowest BCUT2D eigenvalue weighted by Crippen LogP contribution is -2.24. The molecule has 0 atom stereocenters. The lowest BCUT2D eigenvalue weighted by atomic mass is 10.1. The molecule has 1 aromatic heterocycles. The van der Waals surface area contributed by atoms with Crippen molar-refractivity contribution >= 4 is 28.8 Å². The normalized spacial score (nSPS) is 10.6. The minimum absolute atomic E-state index is 0.00962. The molecule has 0 aliphatic carbocycles. The molecule has 2 amide bonds. The van der Waals surface area contributed by atoms with Crippen LogP contribution >= 0.6 is 11.3 Å². The van der Waals surface area contributed by atoms with Crippen molar-refractivity contribution in [3.63, 3.8) is 0 Å². The first-order valence-electron chi connectivity index (χ1n) is 7.51. The summed E-state index contributed by atoms with van der Waals surface area (Å²) in [6.07, 6.45) is 0.298. The maximum atomic E-state index is 11.9. The summed E-state index contributed by atoms with van der Waals surface area (Å²) in [5.74, 6) is -0.111. The standard InChI is InChI=1S/C17H21N3O2S/c1-11(2)17(22)20-14-6-4-13(5-7-14)9-18-16(21)8-15-10-23-12(3)19-15/h4-7,10-11H,8-9H2,1-3H3,(H,18,21)(H,20,22). The topological polar surface area (TPSA) is 71.1 Å². The van der Waals surface area contributed by atoms with Crippen LogP contribution < -0.4 is 10.6 Å². The first-order valence-corrected chi connectivity index (χ1v) is 8.39.